The van der Waals surface area contributed by atoms with Gasteiger partial charge in [-0.2, -0.15) is 0 Å². The van der Waals surface area contributed by atoms with Crippen LogP contribution < -0.4 is 0 Å². The molecule has 0 spiro atoms. The molecule has 0 unspecified atom stereocenters. The molecule has 4 rings (SSSR count). The number of hydrogen-bond acceptors (Lipinski definition) is 0. The summed E-state index contributed by atoms with van der Waals surface area (Å²) in [5, 5.41) is 0. The molecule has 0 aliphatic carbocycles. The number of hydrogen-bond donors (Lipinski definition) is 0. The van der Waals surface area contributed by atoms with E-state index in [-0.39, 0.29) is 27.1 Å². The van der Waals surface area contributed by atoms with Gasteiger partial charge in [-0.3, -0.25) is 0 Å². The number of rotatable bonds is 4. The fourth-order valence-electron chi connectivity index (χ4n) is 6.42. The highest BCUT2D eigenvalue weighted by Gasteiger charge is 2.29. The van der Waals surface area contributed by atoms with E-state index in [0.29, 0.717) is 0 Å². The normalized spacial score (nSPS) is 13.3. The van der Waals surface area contributed by atoms with Crippen LogP contribution in [0.25, 0.3) is 22.3 Å². The van der Waals surface area contributed by atoms with Crippen molar-refractivity contribution in [2.24, 2.45) is 0 Å². The van der Waals surface area contributed by atoms with Crippen LogP contribution in [0.5, 0.6) is 0 Å². The highest BCUT2D eigenvalue weighted by Crippen LogP contribution is 2.42. The van der Waals surface area contributed by atoms with Crippen LogP contribution >= 0.6 is 0 Å². The van der Waals surface area contributed by atoms with Gasteiger partial charge in [0.15, 0.2) is 0 Å². The Morgan fingerprint density at radius 1 is 0.311 bits per heavy atom. The Labute approximate surface area is 276 Å². The second-order valence-corrected chi connectivity index (χ2v) is 18.3. The summed E-state index contributed by atoms with van der Waals surface area (Å²) in [6.07, 6.45) is 0. The zero-order valence-electron chi connectivity index (χ0n) is 31.4. The number of aryl methyl sites for hydroxylation is 2. The minimum Gasteiger partial charge on any atom is -0.0584 e. The Morgan fingerprint density at radius 3 is 0.822 bits per heavy atom. The van der Waals surface area contributed by atoms with Crippen LogP contribution in [0.1, 0.15) is 141 Å². The van der Waals surface area contributed by atoms with Crippen LogP contribution in [-0.4, -0.2) is 0 Å². The van der Waals surface area contributed by atoms with Gasteiger partial charge in [-0.25, -0.2) is 0 Å². The Morgan fingerprint density at radius 2 is 0.578 bits per heavy atom. The van der Waals surface area contributed by atoms with Crippen molar-refractivity contribution in [3.8, 4) is 22.3 Å². The van der Waals surface area contributed by atoms with Crippen molar-refractivity contribution in [1.82, 2.24) is 0 Å². The van der Waals surface area contributed by atoms with Gasteiger partial charge in [-0.15, -0.1) is 0 Å². The first-order valence-corrected chi connectivity index (χ1v) is 16.9. The molecule has 0 saturated carbocycles. The van der Waals surface area contributed by atoms with E-state index >= 15 is 0 Å². The first-order valence-electron chi connectivity index (χ1n) is 16.9. The summed E-state index contributed by atoms with van der Waals surface area (Å²) < 4.78 is 0. The van der Waals surface area contributed by atoms with E-state index in [4.69, 9.17) is 0 Å². The highest BCUT2D eigenvalue weighted by atomic mass is 14.3. The molecule has 0 amide bonds. The Bertz CT molecular complexity index is 1500. The minimum absolute atomic E-state index is 0.0809. The van der Waals surface area contributed by atoms with E-state index in [9.17, 15) is 0 Å². The van der Waals surface area contributed by atoms with E-state index < -0.39 is 0 Å². The van der Waals surface area contributed by atoms with Gasteiger partial charge in [0.25, 0.3) is 0 Å². The van der Waals surface area contributed by atoms with Crippen molar-refractivity contribution in [3.05, 3.63) is 117 Å². The summed E-state index contributed by atoms with van der Waals surface area (Å²) in [6, 6.07) is 28.7. The third-order valence-electron chi connectivity index (χ3n) is 9.82. The average molecular weight is 601 g/mol. The summed E-state index contributed by atoms with van der Waals surface area (Å²) in [7, 11) is 0. The fraction of sp³-hybridized carbons (Fsp3) is 0.467. The van der Waals surface area contributed by atoms with Gasteiger partial charge < -0.3 is 0 Å². The van der Waals surface area contributed by atoms with Gasteiger partial charge in [0.1, 0.15) is 0 Å². The standard InChI is InChI=1S/C45H60/c1-29-17-19-31(33-21-35(41(3,4)5)27-36(22-33)42(6,7)8)25-39(29)45(15,16)40-26-32(20-18-30(40)2)34-23-37(43(9,10)11)28-38(24-34)44(12,13)14/h17-28H,1-16H3. The second kappa shape index (κ2) is 11.6. The van der Waals surface area contributed by atoms with Crippen molar-refractivity contribution in [2.75, 3.05) is 0 Å². The van der Waals surface area contributed by atoms with Crippen molar-refractivity contribution < 1.29 is 0 Å². The molecule has 4 aromatic rings. The molecule has 0 bridgehead atoms. The van der Waals surface area contributed by atoms with Crippen LogP contribution in [0.2, 0.25) is 0 Å². The molecule has 0 heterocycles. The SMILES string of the molecule is Cc1ccc(-c2cc(C(C)(C)C)cc(C(C)(C)C)c2)cc1C(C)(C)c1cc(-c2cc(C(C)(C)C)cc(C(C)(C)C)c2)ccc1C. The monoisotopic (exact) mass is 600 g/mol. The molecule has 0 atom stereocenters. The van der Waals surface area contributed by atoms with E-state index in [1.165, 1.54) is 66.8 Å². The molecule has 0 saturated heterocycles. The van der Waals surface area contributed by atoms with Gasteiger partial charge in [0, 0.05) is 5.41 Å². The predicted molar refractivity (Wildman–Crippen MR) is 200 cm³/mol. The summed E-state index contributed by atoms with van der Waals surface area (Å²) >= 11 is 0. The smallest absolute Gasteiger partial charge is 0.0152 e. The van der Waals surface area contributed by atoms with E-state index in [0.717, 1.165) is 0 Å². The van der Waals surface area contributed by atoms with Gasteiger partial charge in [-0.1, -0.05) is 170 Å². The van der Waals surface area contributed by atoms with E-state index in [1.54, 1.807) is 0 Å². The van der Waals surface area contributed by atoms with Gasteiger partial charge >= 0.3 is 0 Å². The van der Waals surface area contributed by atoms with Gasteiger partial charge in [0.2, 0.25) is 0 Å². The van der Waals surface area contributed by atoms with Crippen molar-refractivity contribution >= 4 is 0 Å². The Kier molecular flexibility index (Phi) is 8.95. The van der Waals surface area contributed by atoms with Crippen molar-refractivity contribution in [1.29, 1.82) is 0 Å². The molecule has 0 radical (unpaired) electrons. The van der Waals surface area contributed by atoms with Crippen molar-refractivity contribution in [2.45, 2.75) is 138 Å². The first-order chi connectivity index (χ1) is 20.4. The fourth-order valence-corrected chi connectivity index (χ4v) is 6.42. The third-order valence-corrected chi connectivity index (χ3v) is 9.82. The molecular formula is C45H60. The minimum atomic E-state index is -0.177. The maximum absolute atomic E-state index is 2.47. The molecule has 0 aliphatic rings. The second-order valence-electron chi connectivity index (χ2n) is 18.3. The molecular weight excluding hydrogens is 540 g/mol. The summed E-state index contributed by atoms with van der Waals surface area (Å²) in [5.74, 6) is 0. The predicted octanol–water partition coefficient (Wildman–Crippen LogP) is 13.2. The van der Waals surface area contributed by atoms with E-state index in [1.807, 2.05) is 0 Å². The highest BCUT2D eigenvalue weighted by molar-refractivity contribution is 5.71. The summed E-state index contributed by atoms with van der Waals surface area (Å²) in [4.78, 5) is 0. The quantitative estimate of drug-likeness (QED) is 0.219. The lowest BCUT2D eigenvalue weighted by Gasteiger charge is -2.31. The van der Waals surface area contributed by atoms with Gasteiger partial charge in [0.05, 0.1) is 0 Å². The number of benzene rings is 4. The topological polar surface area (TPSA) is 0 Å². The Hall–Kier alpha value is -3.12. The van der Waals surface area contributed by atoms with Crippen LogP contribution in [0.3, 0.4) is 0 Å². The van der Waals surface area contributed by atoms with Crippen LogP contribution in [0, 0.1) is 13.8 Å². The van der Waals surface area contributed by atoms with Crippen molar-refractivity contribution in [3.63, 3.8) is 0 Å². The lowest BCUT2D eigenvalue weighted by Crippen LogP contribution is -2.22. The zero-order chi connectivity index (χ0) is 33.9. The molecule has 0 heteroatoms. The first kappa shape index (κ1) is 34.7. The average Bonchev–Trinajstić information content (AvgIpc) is 2.91. The molecule has 0 aromatic heterocycles. The molecule has 0 aliphatic heterocycles. The molecule has 45 heavy (non-hydrogen) atoms. The maximum atomic E-state index is 2.47. The maximum Gasteiger partial charge on any atom is 0.0152 e. The van der Waals surface area contributed by atoms with E-state index in [2.05, 4.69) is 184 Å². The van der Waals surface area contributed by atoms with Gasteiger partial charge in [-0.05, 0) is 102 Å². The molecule has 4 aromatic carbocycles. The lowest BCUT2D eigenvalue weighted by molar-refractivity contribution is 0.568. The molecule has 0 N–H and O–H groups in total. The lowest BCUT2D eigenvalue weighted by atomic mass is 9.72. The molecule has 0 nitrogen and oxygen atoms in total. The van der Waals surface area contributed by atoms with Crippen LogP contribution in [0.4, 0.5) is 0 Å². The Balaban J connectivity index is 1.89. The van der Waals surface area contributed by atoms with Crippen LogP contribution in [-0.2, 0) is 27.1 Å². The molecule has 0 fully saturated rings. The summed E-state index contributed by atoms with van der Waals surface area (Å²) in [6.45, 7) is 37.2. The zero-order valence-corrected chi connectivity index (χ0v) is 31.4. The summed E-state index contributed by atoms with van der Waals surface area (Å²) in [5.41, 5.74) is 16.4. The largest absolute Gasteiger partial charge is 0.0584 e. The third kappa shape index (κ3) is 7.48. The molecule has 240 valence electrons. The van der Waals surface area contributed by atoms with Crippen LogP contribution in [0.15, 0.2) is 72.8 Å².